The van der Waals surface area contributed by atoms with E-state index in [0.29, 0.717) is 0 Å². The second-order valence-corrected chi connectivity index (χ2v) is 2.39. The summed E-state index contributed by atoms with van der Waals surface area (Å²) in [6.07, 6.45) is -4.38. The summed E-state index contributed by atoms with van der Waals surface area (Å²) in [5.74, 6) is -2.05. The van der Waals surface area contributed by atoms with Crippen LogP contribution in [0.1, 0.15) is 0 Å². The Kier molecular flexibility index (Phi) is 4.92. The molecule has 0 atom stereocenters. The van der Waals surface area contributed by atoms with Gasteiger partial charge in [0.15, 0.2) is 0 Å². The summed E-state index contributed by atoms with van der Waals surface area (Å²) in [4.78, 5) is 20.6. The molecule has 0 bridgehead atoms. The summed E-state index contributed by atoms with van der Waals surface area (Å²) in [7, 11) is 0. The van der Waals surface area contributed by atoms with Gasteiger partial charge in [0.05, 0.1) is 13.1 Å². The zero-order valence-corrected chi connectivity index (χ0v) is 7.02. The van der Waals surface area contributed by atoms with Crippen molar-refractivity contribution in [3.63, 3.8) is 0 Å². The minimum atomic E-state index is -4.38. The van der Waals surface area contributed by atoms with E-state index >= 15 is 0 Å². The molecule has 82 valence electrons. The average Bonchev–Trinajstić information content (AvgIpc) is 1.98. The van der Waals surface area contributed by atoms with Gasteiger partial charge >= 0.3 is 12.1 Å². The molecule has 0 rings (SSSR count). The predicted molar refractivity (Wildman–Crippen MR) is 39.6 cm³/mol. The number of aliphatic carboxylic acids is 1. The van der Waals surface area contributed by atoms with Crippen LogP contribution in [-0.4, -0.2) is 42.8 Å². The zero-order valence-electron chi connectivity index (χ0n) is 7.02. The van der Waals surface area contributed by atoms with Crippen molar-refractivity contribution in [2.24, 2.45) is 0 Å². The molecule has 0 aliphatic heterocycles. The van der Waals surface area contributed by atoms with Crippen LogP contribution in [0.25, 0.3) is 0 Å². The molecule has 0 aromatic carbocycles. The van der Waals surface area contributed by atoms with Crippen LogP contribution in [0.15, 0.2) is 0 Å². The molecule has 0 saturated heterocycles. The lowest BCUT2D eigenvalue weighted by Crippen LogP contribution is -2.39. The van der Waals surface area contributed by atoms with Crippen molar-refractivity contribution >= 4 is 11.9 Å². The van der Waals surface area contributed by atoms with Gasteiger partial charge in [-0.2, -0.15) is 13.2 Å². The Hall–Kier alpha value is -1.31. The normalized spacial score (nSPS) is 11.1. The molecular formula is C6H9F3N2O3. The van der Waals surface area contributed by atoms with Crippen molar-refractivity contribution in [2.75, 3.05) is 19.6 Å². The highest BCUT2D eigenvalue weighted by molar-refractivity contribution is 5.82. The molecule has 8 heteroatoms. The number of amides is 1. The number of rotatable bonds is 5. The third-order valence-electron chi connectivity index (χ3n) is 1.05. The van der Waals surface area contributed by atoms with Gasteiger partial charge in [0.2, 0.25) is 5.91 Å². The molecule has 0 aromatic heterocycles. The second-order valence-electron chi connectivity index (χ2n) is 2.39. The van der Waals surface area contributed by atoms with E-state index in [1.54, 1.807) is 0 Å². The topological polar surface area (TPSA) is 78.4 Å². The number of halogens is 3. The Morgan fingerprint density at radius 2 is 1.79 bits per heavy atom. The summed E-state index contributed by atoms with van der Waals surface area (Å²) < 4.78 is 34.6. The van der Waals surface area contributed by atoms with Crippen molar-refractivity contribution < 1.29 is 27.9 Å². The zero-order chi connectivity index (χ0) is 11.2. The molecule has 0 aliphatic rings. The Morgan fingerprint density at radius 1 is 1.21 bits per heavy atom. The van der Waals surface area contributed by atoms with Crippen LogP contribution < -0.4 is 10.6 Å². The van der Waals surface area contributed by atoms with Crippen LogP contribution in [0, 0.1) is 0 Å². The molecular weight excluding hydrogens is 205 g/mol. The van der Waals surface area contributed by atoms with Crippen LogP contribution in [-0.2, 0) is 9.59 Å². The van der Waals surface area contributed by atoms with Crippen LogP contribution in [0.4, 0.5) is 13.2 Å². The molecule has 0 aliphatic carbocycles. The molecule has 0 unspecified atom stereocenters. The van der Waals surface area contributed by atoms with Gasteiger partial charge in [-0.1, -0.05) is 0 Å². The van der Waals surface area contributed by atoms with E-state index in [-0.39, 0.29) is 0 Å². The van der Waals surface area contributed by atoms with Crippen molar-refractivity contribution in [2.45, 2.75) is 6.18 Å². The number of hydrogen-bond donors (Lipinski definition) is 3. The first kappa shape index (κ1) is 12.7. The van der Waals surface area contributed by atoms with Gasteiger partial charge < -0.3 is 15.7 Å². The van der Waals surface area contributed by atoms with E-state index in [0.717, 1.165) is 0 Å². The van der Waals surface area contributed by atoms with Gasteiger partial charge in [0, 0.05) is 0 Å². The molecule has 0 spiro atoms. The fourth-order valence-electron chi connectivity index (χ4n) is 0.554. The predicted octanol–water partition coefficient (Wildman–Crippen LogP) is -0.661. The molecule has 0 aromatic rings. The fraction of sp³-hybridized carbons (Fsp3) is 0.667. The number of carbonyl (C=O) groups excluding carboxylic acids is 1. The van der Waals surface area contributed by atoms with Gasteiger partial charge in [-0.05, 0) is 0 Å². The molecule has 1 amide bonds. The van der Waals surface area contributed by atoms with E-state index in [4.69, 9.17) is 5.11 Å². The lowest BCUT2D eigenvalue weighted by atomic mass is 10.5. The van der Waals surface area contributed by atoms with Gasteiger partial charge in [-0.15, -0.1) is 0 Å². The third-order valence-corrected chi connectivity index (χ3v) is 1.05. The van der Waals surface area contributed by atoms with Gasteiger partial charge in [0.25, 0.3) is 0 Å². The van der Waals surface area contributed by atoms with Crippen LogP contribution in [0.2, 0.25) is 0 Å². The SMILES string of the molecule is O=C(O)CNC(=O)CNCC(F)(F)F. The monoisotopic (exact) mass is 214 g/mol. The number of hydrogen-bond acceptors (Lipinski definition) is 3. The highest BCUT2D eigenvalue weighted by atomic mass is 19.4. The quantitative estimate of drug-likeness (QED) is 0.567. The summed E-state index contributed by atoms with van der Waals surface area (Å²) in [6, 6.07) is 0. The maximum absolute atomic E-state index is 11.5. The first-order valence-corrected chi connectivity index (χ1v) is 3.57. The Morgan fingerprint density at radius 3 is 2.21 bits per heavy atom. The molecule has 0 radical (unpaired) electrons. The number of carbonyl (C=O) groups is 2. The number of nitrogens with one attached hydrogen (secondary N) is 2. The van der Waals surface area contributed by atoms with Gasteiger partial charge in [0.1, 0.15) is 6.54 Å². The van der Waals surface area contributed by atoms with E-state index < -0.39 is 37.7 Å². The summed E-state index contributed by atoms with van der Waals surface area (Å²) >= 11 is 0. The maximum Gasteiger partial charge on any atom is 0.401 e. The smallest absolute Gasteiger partial charge is 0.401 e. The molecule has 3 N–H and O–H groups in total. The Labute approximate surface area is 77.3 Å². The summed E-state index contributed by atoms with van der Waals surface area (Å²) in [5.41, 5.74) is 0. The van der Waals surface area contributed by atoms with Crippen LogP contribution >= 0.6 is 0 Å². The fourth-order valence-corrected chi connectivity index (χ4v) is 0.554. The van der Waals surface area contributed by atoms with E-state index in [2.05, 4.69) is 0 Å². The maximum atomic E-state index is 11.5. The van der Waals surface area contributed by atoms with Crippen LogP contribution in [0.3, 0.4) is 0 Å². The van der Waals surface area contributed by atoms with Crippen molar-refractivity contribution in [3.05, 3.63) is 0 Å². The van der Waals surface area contributed by atoms with Crippen molar-refractivity contribution in [3.8, 4) is 0 Å². The molecule has 0 heterocycles. The molecule has 0 fully saturated rings. The largest absolute Gasteiger partial charge is 0.480 e. The minimum Gasteiger partial charge on any atom is -0.480 e. The highest BCUT2D eigenvalue weighted by Crippen LogP contribution is 2.11. The number of carboxylic acids is 1. The summed E-state index contributed by atoms with van der Waals surface area (Å²) in [6.45, 7) is -2.45. The average molecular weight is 214 g/mol. The lowest BCUT2D eigenvalue weighted by Gasteiger charge is -2.07. The van der Waals surface area contributed by atoms with E-state index in [1.165, 1.54) is 0 Å². The standard InChI is InChI=1S/C6H9F3N2O3/c7-6(8,9)3-10-1-4(12)11-2-5(13)14/h10H,1-3H2,(H,11,12)(H,13,14). The minimum absolute atomic E-state index is 0.563. The molecule has 5 nitrogen and oxygen atoms in total. The molecule has 14 heavy (non-hydrogen) atoms. The number of carboxylic acid groups (broad SMARTS) is 1. The summed E-state index contributed by atoms with van der Waals surface area (Å²) in [5, 5.41) is 11.8. The van der Waals surface area contributed by atoms with Gasteiger partial charge in [-0.25, -0.2) is 0 Å². The Balaban J connectivity index is 3.50. The highest BCUT2D eigenvalue weighted by Gasteiger charge is 2.26. The van der Waals surface area contributed by atoms with Crippen molar-refractivity contribution in [1.82, 2.24) is 10.6 Å². The van der Waals surface area contributed by atoms with Crippen LogP contribution in [0.5, 0.6) is 0 Å². The lowest BCUT2D eigenvalue weighted by molar-refractivity contribution is -0.138. The first-order chi connectivity index (χ1) is 6.31. The van der Waals surface area contributed by atoms with E-state index in [1.807, 2.05) is 10.6 Å². The first-order valence-electron chi connectivity index (χ1n) is 3.57. The van der Waals surface area contributed by atoms with Crippen molar-refractivity contribution in [1.29, 1.82) is 0 Å². The van der Waals surface area contributed by atoms with E-state index in [9.17, 15) is 22.8 Å². The third kappa shape index (κ3) is 8.78. The number of alkyl halides is 3. The second kappa shape index (κ2) is 5.43. The van der Waals surface area contributed by atoms with Gasteiger partial charge in [-0.3, -0.25) is 9.59 Å². The Bertz CT molecular complexity index is 217. The molecule has 0 saturated carbocycles.